The lowest BCUT2D eigenvalue weighted by Crippen LogP contribution is -2.17. The zero-order valence-corrected chi connectivity index (χ0v) is 24.5. The Bertz CT molecular complexity index is 1780. The molecule has 0 bridgehead atoms. The molecule has 220 valence electrons. The number of Topliss-reactive ketones (excluding diaryl/α,β-unsaturated/α-hetero) is 2. The highest BCUT2D eigenvalue weighted by atomic mass is 16.1. The molecule has 1 saturated carbocycles. The summed E-state index contributed by atoms with van der Waals surface area (Å²) in [6, 6.07) is 24.0. The Hall–Kier alpha value is -4.98. The van der Waals surface area contributed by atoms with Crippen molar-refractivity contribution in [1.82, 2.24) is 30.4 Å². The molecule has 0 saturated heterocycles. The van der Waals surface area contributed by atoms with Gasteiger partial charge in [0.1, 0.15) is 11.6 Å². The number of hydrogen-bond donors (Lipinski definition) is 2. The number of nitrogens with zero attached hydrogens (tertiary/aromatic N) is 4. The van der Waals surface area contributed by atoms with Gasteiger partial charge in [0.05, 0.1) is 35.6 Å². The molecule has 8 nitrogen and oxygen atoms in total. The molecule has 2 N–H and O–H groups in total. The zero-order chi connectivity index (χ0) is 29.9. The average Bonchev–Trinajstić information content (AvgIpc) is 3.66. The molecule has 2 atom stereocenters. The first-order valence-electron chi connectivity index (χ1n) is 15.4. The minimum absolute atomic E-state index is 0.121. The molecule has 6 aromatic rings. The van der Waals surface area contributed by atoms with Gasteiger partial charge >= 0.3 is 0 Å². The molecule has 7 rings (SSSR count). The lowest BCUT2D eigenvalue weighted by atomic mass is 9.78. The largest absolute Gasteiger partial charge is 0.361 e. The van der Waals surface area contributed by atoms with Crippen LogP contribution in [0.2, 0.25) is 0 Å². The molecule has 0 aliphatic heterocycles. The Morgan fingerprint density at radius 1 is 0.591 bits per heavy atom. The van der Waals surface area contributed by atoms with Crippen LogP contribution in [-0.2, 0) is 35.3 Å². The molecule has 4 aromatic heterocycles. The lowest BCUT2D eigenvalue weighted by Gasteiger charge is -2.28. The molecule has 2 aromatic carbocycles. The molecular weight excluding hydrogens is 548 g/mol. The molecule has 0 amide bonds. The van der Waals surface area contributed by atoms with Crippen molar-refractivity contribution in [2.75, 3.05) is 0 Å². The van der Waals surface area contributed by atoms with Gasteiger partial charge in [-0.2, -0.15) is 20.4 Å². The van der Waals surface area contributed by atoms with E-state index in [0.29, 0.717) is 24.2 Å². The van der Waals surface area contributed by atoms with E-state index in [0.717, 1.165) is 70.0 Å². The number of nitrogens with one attached hydrogen (secondary N) is 2. The van der Waals surface area contributed by atoms with E-state index < -0.39 is 0 Å². The van der Waals surface area contributed by atoms with Gasteiger partial charge in [0.2, 0.25) is 0 Å². The smallest absolute Gasteiger partial charge is 0.143 e. The molecule has 1 aliphatic carbocycles. The van der Waals surface area contributed by atoms with Crippen molar-refractivity contribution in [2.24, 2.45) is 0 Å². The van der Waals surface area contributed by atoms with Gasteiger partial charge in [-0.25, -0.2) is 0 Å². The molecule has 44 heavy (non-hydrogen) atoms. The Morgan fingerprint density at radius 2 is 1.07 bits per heavy atom. The van der Waals surface area contributed by atoms with Crippen LogP contribution in [0.3, 0.4) is 0 Å². The van der Waals surface area contributed by atoms with E-state index >= 15 is 0 Å². The quantitative estimate of drug-likeness (QED) is 0.194. The Balaban J connectivity index is 0.932. The molecule has 8 heteroatoms. The molecule has 4 heterocycles. The molecule has 1 fully saturated rings. The number of hydrogen-bond acceptors (Lipinski definition) is 6. The summed E-state index contributed by atoms with van der Waals surface area (Å²) in [4.78, 5) is 32.1. The van der Waals surface area contributed by atoms with E-state index in [9.17, 15) is 9.59 Å². The molecule has 0 spiro atoms. The average molecular weight is 583 g/mol. The van der Waals surface area contributed by atoms with E-state index in [4.69, 9.17) is 0 Å². The lowest BCUT2D eigenvalue weighted by molar-refractivity contribution is -0.118. The summed E-state index contributed by atoms with van der Waals surface area (Å²) >= 11 is 0. The zero-order valence-electron chi connectivity index (χ0n) is 24.5. The Labute approximate surface area is 255 Å². The first-order chi connectivity index (χ1) is 21.6. The highest BCUT2D eigenvalue weighted by molar-refractivity contribution is 5.91. The van der Waals surface area contributed by atoms with Crippen molar-refractivity contribution in [3.8, 4) is 0 Å². The highest BCUT2D eigenvalue weighted by Crippen LogP contribution is 2.39. The molecule has 0 radical (unpaired) electrons. The van der Waals surface area contributed by atoms with Crippen LogP contribution in [0, 0.1) is 0 Å². The van der Waals surface area contributed by atoms with Crippen molar-refractivity contribution in [2.45, 2.75) is 63.2 Å². The predicted octanol–water partition coefficient (Wildman–Crippen LogP) is 6.38. The summed E-state index contributed by atoms with van der Waals surface area (Å²) in [5.74, 6) is 0.820. The van der Waals surface area contributed by atoms with Crippen LogP contribution < -0.4 is 0 Å². The van der Waals surface area contributed by atoms with Crippen molar-refractivity contribution < 1.29 is 9.59 Å². The van der Waals surface area contributed by atoms with Gasteiger partial charge in [0, 0.05) is 58.9 Å². The molecule has 1 aliphatic rings. The van der Waals surface area contributed by atoms with E-state index in [1.807, 2.05) is 85.2 Å². The second kappa shape index (κ2) is 12.3. The van der Waals surface area contributed by atoms with Crippen LogP contribution in [0.4, 0.5) is 0 Å². The number of fused-ring (bicyclic) bond motifs is 2. The van der Waals surface area contributed by atoms with E-state index in [1.165, 1.54) is 0 Å². The van der Waals surface area contributed by atoms with Gasteiger partial charge in [-0.1, -0.05) is 42.8 Å². The number of benzene rings is 2. The topological polar surface area (TPSA) is 117 Å². The number of carbonyl (C=O) groups is 2. The standard InChI is InChI=1S/C36H34N6O2/c43-29(17-25-21-37-35-10-3-1-8-31(25)35)19-27-12-14-33(41-39-27)23-6-5-7-24(16-23)34-15-13-28(40-42-34)20-30(44)18-26-22-38-36-11-4-2-9-32(26)36/h1-4,8-15,21-24,37-38H,5-7,16-20H2/t23-,24-/m1/s1. The minimum atomic E-state index is 0.121. The maximum absolute atomic E-state index is 12.8. The summed E-state index contributed by atoms with van der Waals surface area (Å²) in [5, 5.41) is 20.1. The first kappa shape index (κ1) is 27.8. The van der Waals surface area contributed by atoms with Crippen molar-refractivity contribution in [3.63, 3.8) is 0 Å². The second-order valence-electron chi connectivity index (χ2n) is 12.0. The maximum Gasteiger partial charge on any atom is 0.143 e. The predicted molar refractivity (Wildman–Crippen MR) is 169 cm³/mol. The van der Waals surface area contributed by atoms with Gasteiger partial charge in [0.25, 0.3) is 0 Å². The van der Waals surface area contributed by atoms with Gasteiger partial charge in [-0.15, -0.1) is 0 Å². The minimum Gasteiger partial charge on any atom is -0.361 e. The Morgan fingerprint density at radius 3 is 1.52 bits per heavy atom. The molecule has 0 unspecified atom stereocenters. The Kier molecular flexibility index (Phi) is 7.80. The summed E-state index contributed by atoms with van der Waals surface area (Å²) in [6.07, 6.45) is 9.23. The van der Waals surface area contributed by atoms with Gasteiger partial charge in [-0.3, -0.25) is 9.59 Å². The normalized spacial score (nSPS) is 16.8. The number of aromatic nitrogens is 6. The van der Waals surface area contributed by atoms with Gasteiger partial charge in [0.15, 0.2) is 0 Å². The van der Waals surface area contributed by atoms with Crippen LogP contribution in [-0.4, -0.2) is 41.9 Å². The van der Waals surface area contributed by atoms with Gasteiger partial charge < -0.3 is 9.97 Å². The summed E-state index contributed by atoms with van der Waals surface area (Å²) < 4.78 is 0. The van der Waals surface area contributed by atoms with Crippen LogP contribution in [0.15, 0.2) is 85.2 Å². The van der Waals surface area contributed by atoms with E-state index in [-0.39, 0.29) is 36.2 Å². The number of aromatic amines is 2. The van der Waals surface area contributed by atoms with E-state index in [1.54, 1.807) is 0 Å². The van der Waals surface area contributed by atoms with Crippen LogP contribution in [0.1, 0.15) is 71.4 Å². The summed E-state index contributed by atoms with van der Waals surface area (Å²) in [5.41, 5.74) is 7.44. The fourth-order valence-corrected chi connectivity index (χ4v) is 6.60. The second-order valence-corrected chi connectivity index (χ2v) is 12.0. The summed E-state index contributed by atoms with van der Waals surface area (Å²) in [6.45, 7) is 0. The number of para-hydroxylation sites is 2. The van der Waals surface area contributed by atoms with Crippen molar-refractivity contribution in [3.05, 3.63) is 119 Å². The fraction of sp³-hybridized carbons (Fsp3) is 0.278. The number of carbonyl (C=O) groups excluding carboxylic acids is 2. The number of H-pyrrole nitrogens is 2. The van der Waals surface area contributed by atoms with Crippen molar-refractivity contribution >= 4 is 33.4 Å². The third-order valence-corrected chi connectivity index (χ3v) is 8.87. The third kappa shape index (κ3) is 6.06. The highest BCUT2D eigenvalue weighted by Gasteiger charge is 2.27. The number of ketones is 2. The SMILES string of the molecule is O=C(Cc1ccc([C@@H]2CCC[C@@H](c3ccc(CC(=O)Cc4c[nH]c5ccccc45)nn3)C2)nn1)Cc1c[nH]c2ccccc12. The van der Waals surface area contributed by atoms with Gasteiger partial charge in [-0.05, 0) is 66.8 Å². The van der Waals surface area contributed by atoms with E-state index in [2.05, 4.69) is 30.4 Å². The van der Waals surface area contributed by atoms with Crippen molar-refractivity contribution in [1.29, 1.82) is 0 Å². The maximum atomic E-state index is 12.8. The third-order valence-electron chi connectivity index (χ3n) is 8.87. The monoisotopic (exact) mass is 582 g/mol. The first-order valence-corrected chi connectivity index (χ1v) is 15.4. The molecular formula is C36H34N6O2. The van der Waals surface area contributed by atoms with Crippen LogP contribution in [0.25, 0.3) is 21.8 Å². The van der Waals surface area contributed by atoms with Crippen LogP contribution >= 0.6 is 0 Å². The van der Waals surface area contributed by atoms with Crippen LogP contribution in [0.5, 0.6) is 0 Å². The number of rotatable bonds is 10. The fourth-order valence-electron chi connectivity index (χ4n) is 6.60. The summed E-state index contributed by atoms with van der Waals surface area (Å²) in [7, 11) is 0.